The summed E-state index contributed by atoms with van der Waals surface area (Å²) < 4.78 is 5.63. The molecule has 1 heterocycles. The van der Waals surface area contributed by atoms with Gasteiger partial charge in [-0.2, -0.15) is 0 Å². The molecular formula is C18H21NO4. The molecule has 122 valence electrons. The van der Waals surface area contributed by atoms with Crippen molar-refractivity contribution in [2.24, 2.45) is 0 Å². The third-order valence-corrected chi connectivity index (χ3v) is 3.70. The minimum atomic E-state index is -0.962. The first kappa shape index (κ1) is 16.8. The first-order chi connectivity index (χ1) is 10.8. The molecule has 0 aliphatic heterocycles. The summed E-state index contributed by atoms with van der Waals surface area (Å²) in [5.74, 6) is 0.567. The molecule has 0 saturated heterocycles. The van der Waals surface area contributed by atoms with Crippen molar-refractivity contribution in [1.29, 1.82) is 0 Å². The van der Waals surface area contributed by atoms with Gasteiger partial charge in [-0.05, 0) is 30.7 Å². The van der Waals surface area contributed by atoms with Gasteiger partial charge in [0, 0.05) is 19.5 Å². The summed E-state index contributed by atoms with van der Waals surface area (Å²) in [7, 11) is 1.72. The topological polar surface area (TPSA) is 70.8 Å². The van der Waals surface area contributed by atoms with Crippen LogP contribution in [0.4, 0.5) is 0 Å². The number of nitrogens with zero attached hydrogens (tertiary/aromatic N) is 1. The van der Waals surface area contributed by atoms with Crippen LogP contribution in [-0.4, -0.2) is 28.9 Å². The molecule has 5 heteroatoms. The Morgan fingerprint density at radius 2 is 1.83 bits per heavy atom. The van der Waals surface area contributed by atoms with E-state index in [0.29, 0.717) is 17.9 Å². The summed E-state index contributed by atoms with van der Waals surface area (Å²) in [6.07, 6.45) is 0. The van der Waals surface area contributed by atoms with Gasteiger partial charge in [0.2, 0.25) is 0 Å². The van der Waals surface area contributed by atoms with Gasteiger partial charge in [0.15, 0.2) is 0 Å². The van der Waals surface area contributed by atoms with Crippen molar-refractivity contribution in [2.45, 2.75) is 33.2 Å². The third kappa shape index (κ3) is 3.80. The molecule has 0 aliphatic carbocycles. The van der Waals surface area contributed by atoms with E-state index in [4.69, 9.17) is 9.52 Å². The molecule has 0 radical (unpaired) electrons. The molecule has 0 unspecified atom stereocenters. The molecule has 0 fully saturated rings. The second kappa shape index (κ2) is 6.69. The Balaban J connectivity index is 2.12. The van der Waals surface area contributed by atoms with E-state index in [2.05, 4.69) is 0 Å². The normalized spacial score (nSPS) is 10.8. The number of hydrogen-bond acceptors (Lipinski definition) is 3. The summed E-state index contributed by atoms with van der Waals surface area (Å²) in [4.78, 5) is 25.0. The second-order valence-corrected chi connectivity index (χ2v) is 5.94. The zero-order valence-corrected chi connectivity index (χ0v) is 13.8. The molecule has 2 rings (SSSR count). The second-order valence-electron chi connectivity index (χ2n) is 5.94. The largest absolute Gasteiger partial charge is 0.478 e. The predicted octanol–water partition coefficient (Wildman–Crippen LogP) is 3.68. The molecule has 0 saturated carbocycles. The maximum absolute atomic E-state index is 12.6. The van der Waals surface area contributed by atoms with Crippen LogP contribution in [0.25, 0.3) is 0 Å². The minimum Gasteiger partial charge on any atom is -0.478 e. The van der Waals surface area contributed by atoms with E-state index in [1.807, 2.05) is 13.8 Å². The molecule has 1 aromatic heterocycles. The van der Waals surface area contributed by atoms with Gasteiger partial charge in [-0.15, -0.1) is 0 Å². The smallest absolute Gasteiger partial charge is 0.335 e. The molecule has 0 spiro atoms. The van der Waals surface area contributed by atoms with Crippen molar-refractivity contribution in [3.05, 3.63) is 58.5 Å². The number of carbonyl (C=O) groups excluding carboxylic acids is 1. The predicted molar refractivity (Wildman–Crippen MR) is 86.7 cm³/mol. The Morgan fingerprint density at radius 1 is 1.22 bits per heavy atom. The van der Waals surface area contributed by atoms with Gasteiger partial charge in [-0.1, -0.05) is 26.0 Å². The van der Waals surface area contributed by atoms with E-state index in [1.54, 1.807) is 37.1 Å². The number of aryl methyl sites for hydroxylation is 1. The molecular weight excluding hydrogens is 294 g/mol. The highest BCUT2D eigenvalue weighted by atomic mass is 16.4. The number of aromatic carboxylic acids is 1. The van der Waals surface area contributed by atoms with Crippen LogP contribution in [0.1, 0.15) is 57.6 Å². The highest BCUT2D eigenvalue weighted by Gasteiger charge is 2.20. The van der Waals surface area contributed by atoms with Crippen LogP contribution in [0, 0.1) is 6.92 Å². The summed E-state index contributed by atoms with van der Waals surface area (Å²) in [5, 5.41) is 8.90. The molecule has 1 N–H and O–H groups in total. The van der Waals surface area contributed by atoms with Crippen LogP contribution in [-0.2, 0) is 6.54 Å². The zero-order valence-electron chi connectivity index (χ0n) is 13.8. The van der Waals surface area contributed by atoms with Crippen molar-refractivity contribution in [1.82, 2.24) is 4.90 Å². The lowest BCUT2D eigenvalue weighted by Crippen LogP contribution is -2.26. The van der Waals surface area contributed by atoms with E-state index in [0.717, 1.165) is 11.3 Å². The van der Waals surface area contributed by atoms with Crippen LogP contribution < -0.4 is 0 Å². The molecule has 0 atom stereocenters. The van der Waals surface area contributed by atoms with Crippen LogP contribution in [0.3, 0.4) is 0 Å². The molecule has 0 aliphatic rings. The number of rotatable bonds is 5. The van der Waals surface area contributed by atoms with Gasteiger partial charge in [-0.3, -0.25) is 4.79 Å². The van der Waals surface area contributed by atoms with E-state index >= 15 is 0 Å². The maximum atomic E-state index is 12.6. The monoisotopic (exact) mass is 315 g/mol. The Morgan fingerprint density at radius 3 is 2.30 bits per heavy atom. The molecule has 2 aromatic rings. The van der Waals surface area contributed by atoms with Gasteiger partial charge in [0.05, 0.1) is 11.1 Å². The minimum absolute atomic E-state index is 0.111. The number of furan rings is 1. The van der Waals surface area contributed by atoms with Crippen LogP contribution in [0.5, 0.6) is 0 Å². The fraction of sp³-hybridized carbons (Fsp3) is 0.333. The Kier molecular flexibility index (Phi) is 4.89. The summed E-state index contributed by atoms with van der Waals surface area (Å²) in [6.45, 7) is 6.22. The number of carboxylic acids is 1. The van der Waals surface area contributed by atoms with Gasteiger partial charge >= 0.3 is 5.97 Å². The lowest BCUT2D eigenvalue weighted by atomic mass is 10.1. The van der Waals surface area contributed by atoms with E-state index < -0.39 is 5.97 Å². The molecule has 0 bridgehead atoms. The van der Waals surface area contributed by atoms with E-state index in [9.17, 15) is 9.59 Å². The lowest BCUT2D eigenvalue weighted by molar-refractivity contribution is 0.0695. The van der Waals surface area contributed by atoms with Crippen LogP contribution in [0.15, 0.2) is 34.7 Å². The molecule has 1 amide bonds. The Labute approximate surface area is 135 Å². The average molecular weight is 315 g/mol. The maximum Gasteiger partial charge on any atom is 0.335 e. The Hall–Kier alpha value is -2.56. The average Bonchev–Trinajstić information content (AvgIpc) is 2.89. The van der Waals surface area contributed by atoms with Gasteiger partial charge in [-0.25, -0.2) is 4.79 Å². The fourth-order valence-electron chi connectivity index (χ4n) is 2.31. The number of amides is 1. The van der Waals surface area contributed by atoms with E-state index in [1.165, 1.54) is 12.1 Å². The summed E-state index contributed by atoms with van der Waals surface area (Å²) >= 11 is 0. The fourth-order valence-corrected chi connectivity index (χ4v) is 2.31. The third-order valence-electron chi connectivity index (χ3n) is 3.70. The number of carboxylic acid groups (broad SMARTS) is 1. The van der Waals surface area contributed by atoms with Crippen LogP contribution in [0.2, 0.25) is 0 Å². The van der Waals surface area contributed by atoms with Crippen LogP contribution >= 0.6 is 0 Å². The van der Waals surface area contributed by atoms with Crippen molar-refractivity contribution >= 4 is 11.9 Å². The van der Waals surface area contributed by atoms with E-state index in [-0.39, 0.29) is 17.4 Å². The number of hydrogen-bond donors (Lipinski definition) is 1. The number of carbonyl (C=O) groups is 2. The first-order valence-corrected chi connectivity index (χ1v) is 7.47. The lowest BCUT2D eigenvalue weighted by Gasteiger charge is -2.17. The standard InChI is InChI=1S/C18H21NO4/c1-11(2)16-9-15(12(3)23-16)17(20)19(4)10-13-5-7-14(8-6-13)18(21)22/h5-9,11H,10H2,1-4H3,(H,21,22). The number of benzene rings is 1. The highest BCUT2D eigenvalue weighted by molar-refractivity contribution is 5.95. The quantitative estimate of drug-likeness (QED) is 0.913. The zero-order chi connectivity index (χ0) is 17.1. The highest BCUT2D eigenvalue weighted by Crippen LogP contribution is 2.23. The van der Waals surface area contributed by atoms with Crippen molar-refractivity contribution in [3.8, 4) is 0 Å². The van der Waals surface area contributed by atoms with Gasteiger partial charge in [0.25, 0.3) is 5.91 Å². The molecule has 23 heavy (non-hydrogen) atoms. The molecule has 5 nitrogen and oxygen atoms in total. The van der Waals surface area contributed by atoms with Crippen molar-refractivity contribution in [2.75, 3.05) is 7.05 Å². The summed E-state index contributed by atoms with van der Waals surface area (Å²) in [6, 6.07) is 8.31. The first-order valence-electron chi connectivity index (χ1n) is 7.47. The Bertz CT molecular complexity index is 713. The summed E-state index contributed by atoms with van der Waals surface area (Å²) in [5.41, 5.74) is 1.67. The van der Waals surface area contributed by atoms with Crippen molar-refractivity contribution in [3.63, 3.8) is 0 Å². The molecule has 1 aromatic carbocycles. The van der Waals surface area contributed by atoms with Crippen molar-refractivity contribution < 1.29 is 19.1 Å². The van der Waals surface area contributed by atoms with Gasteiger partial charge in [0.1, 0.15) is 11.5 Å². The van der Waals surface area contributed by atoms with Gasteiger partial charge < -0.3 is 14.4 Å². The SMILES string of the molecule is Cc1oc(C(C)C)cc1C(=O)N(C)Cc1ccc(C(=O)O)cc1.